The highest BCUT2D eigenvalue weighted by Gasteiger charge is 2.21. The van der Waals surface area contributed by atoms with Gasteiger partial charge in [-0.2, -0.15) is 0 Å². The summed E-state index contributed by atoms with van der Waals surface area (Å²) in [5.74, 6) is -0.241. The van der Waals surface area contributed by atoms with Crippen molar-refractivity contribution in [1.82, 2.24) is 15.2 Å². The molecule has 0 bridgehead atoms. The number of H-pyrrole nitrogens is 1. The molecule has 0 spiro atoms. The maximum Gasteiger partial charge on any atom is 0.355 e. The van der Waals surface area contributed by atoms with Crippen LogP contribution in [0.1, 0.15) is 29.4 Å². The fourth-order valence-electron chi connectivity index (χ4n) is 2.70. The van der Waals surface area contributed by atoms with Gasteiger partial charge >= 0.3 is 5.97 Å². The van der Waals surface area contributed by atoms with Crippen LogP contribution in [0.5, 0.6) is 0 Å². The highest BCUT2D eigenvalue weighted by molar-refractivity contribution is 5.94. The third-order valence-electron chi connectivity index (χ3n) is 4.15. The number of aromatic nitrogens is 3. The largest absolute Gasteiger partial charge is 0.448 e. The van der Waals surface area contributed by atoms with Crippen LogP contribution in [0.2, 0.25) is 0 Å². The van der Waals surface area contributed by atoms with Gasteiger partial charge in [-0.1, -0.05) is 18.2 Å². The first-order valence-corrected chi connectivity index (χ1v) is 8.38. The number of nitro benzene ring substituents is 1. The van der Waals surface area contributed by atoms with Crippen LogP contribution in [0.3, 0.4) is 0 Å². The van der Waals surface area contributed by atoms with Gasteiger partial charge in [0, 0.05) is 28.6 Å². The molecule has 4 rings (SSSR count). The Kier molecular flexibility index (Phi) is 4.32. The summed E-state index contributed by atoms with van der Waals surface area (Å²) in [4.78, 5) is 25.6. The van der Waals surface area contributed by atoms with Crippen LogP contribution < -0.4 is 0 Å². The number of aromatic amines is 1. The number of non-ortho nitro benzene ring substituents is 1. The van der Waals surface area contributed by atoms with Crippen LogP contribution >= 0.6 is 0 Å². The van der Waals surface area contributed by atoms with Gasteiger partial charge in [-0.05, 0) is 31.2 Å². The molecule has 0 aliphatic rings. The van der Waals surface area contributed by atoms with E-state index in [9.17, 15) is 14.9 Å². The molecule has 140 valence electrons. The maximum atomic E-state index is 12.4. The van der Waals surface area contributed by atoms with Crippen LogP contribution in [-0.2, 0) is 4.74 Å². The van der Waals surface area contributed by atoms with Crippen LogP contribution in [0.25, 0.3) is 22.4 Å². The molecule has 0 radical (unpaired) electrons. The Bertz CT molecular complexity index is 1130. The van der Waals surface area contributed by atoms with Gasteiger partial charge in [-0.15, -0.1) is 10.2 Å². The molecule has 9 heteroatoms. The van der Waals surface area contributed by atoms with Gasteiger partial charge in [-0.25, -0.2) is 4.79 Å². The van der Waals surface area contributed by atoms with E-state index < -0.39 is 17.0 Å². The van der Waals surface area contributed by atoms with Crippen molar-refractivity contribution >= 4 is 22.6 Å². The first-order valence-electron chi connectivity index (χ1n) is 8.38. The normalized spacial score (nSPS) is 12.0. The fourth-order valence-corrected chi connectivity index (χ4v) is 2.70. The number of carbonyl (C=O) groups excluding carboxylic acids is 1. The number of benzene rings is 2. The van der Waals surface area contributed by atoms with Crippen LogP contribution in [0, 0.1) is 10.1 Å². The van der Waals surface area contributed by atoms with Crippen LogP contribution in [-0.4, -0.2) is 26.1 Å². The van der Waals surface area contributed by atoms with Gasteiger partial charge in [0.25, 0.3) is 11.6 Å². The topological polar surface area (TPSA) is 124 Å². The molecule has 28 heavy (non-hydrogen) atoms. The zero-order valence-corrected chi connectivity index (χ0v) is 14.7. The molecular formula is C19H14N4O5. The predicted octanol–water partition coefficient (Wildman–Crippen LogP) is 4.04. The number of ether oxygens (including phenoxy) is 1. The molecule has 0 fully saturated rings. The van der Waals surface area contributed by atoms with E-state index in [1.165, 1.54) is 24.3 Å². The molecule has 0 saturated heterocycles. The number of fused-ring (bicyclic) bond motifs is 1. The fraction of sp³-hybridized carbons (Fsp3) is 0.105. The molecule has 0 aliphatic carbocycles. The predicted molar refractivity (Wildman–Crippen MR) is 98.5 cm³/mol. The summed E-state index contributed by atoms with van der Waals surface area (Å²) in [7, 11) is 0. The Morgan fingerprint density at radius 3 is 2.64 bits per heavy atom. The zero-order valence-electron chi connectivity index (χ0n) is 14.7. The van der Waals surface area contributed by atoms with Gasteiger partial charge in [0.15, 0.2) is 6.10 Å². The summed E-state index contributed by atoms with van der Waals surface area (Å²) in [5, 5.41) is 19.4. The van der Waals surface area contributed by atoms with Gasteiger partial charge in [0.1, 0.15) is 5.69 Å². The van der Waals surface area contributed by atoms with Crippen molar-refractivity contribution in [3.63, 3.8) is 0 Å². The number of para-hydroxylation sites is 1. The van der Waals surface area contributed by atoms with E-state index in [1.54, 1.807) is 13.0 Å². The monoisotopic (exact) mass is 378 g/mol. The van der Waals surface area contributed by atoms with Gasteiger partial charge in [0.2, 0.25) is 5.89 Å². The number of esters is 1. The smallest absolute Gasteiger partial charge is 0.355 e. The molecule has 4 aromatic rings. The van der Waals surface area contributed by atoms with Crippen molar-refractivity contribution in [3.05, 3.63) is 76.3 Å². The van der Waals surface area contributed by atoms with Crippen molar-refractivity contribution in [2.24, 2.45) is 0 Å². The SMILES string of the molecule is C[C@H](OC(=O)c1cc2ccccc2[nH]1)c1nnc(-c2ccc([N+](=O)[O-])cc2)o1. The second-order valence-corrected chi connectivity index (χ2v) is 6.07. The molecule has 9 nitrogen and oxygen atoms in total. The Morgan fingerprint density at radius 1 is 1.18 bits per heavy atom. The molecule has 1 N–H and O–H groups in total. The highest BCUT2D eigenvalue weighted by atomic mass is 16.6. The Balaban J connectivity index is 1.48. The Hall–Kier alpha value is -4.01. The number of carbonyl (C=O) groups is 1. The average Bonchev–Trinajstić information content (AvgIpc) is 3.35. The quantitative estimate of drug-likeness (QED) is 0.315. The van der Waals surface area contributed by atoms with Crippen LogP contribution in [0.4, 0.5) is 5.69 Å². The minimum atomic E-state index is -0.766. The van der Waals surface area contributed by atoms with Crippen molar-refractivity contribution in [2.45, 2.75) is 13.0 Å². The summed E-state index contributed by atoms with van der Waals surface area (Å²) in [6.07, 6.45) is -0.766. The summed E-state index contributed by atoms with van der Waals surface area (Å²) in [6.45, 7) is 1.62. The Labute approximate surface area is 158 Å². The average molecular weight is 378 g/mol. The minimum Gasteiger partial charge on any atom is -0.448 e. The van der Waals surface area contributed by atoms with E-state index in [1.807, 2.05) is 24.3 Å². The van der Waals surface area contributed by atoms with Gasteiger partial charge in [-0.3, -0.25) is 10.1 Å². The summed E-state index contributed by atoms with van der Waals surface area (Å²) < 4.78 is 10.9. The first-order chi connectivity index (χ1) is 13.5. The van der Waals surface area contributed by atoms with E-state index in [2.05, 4.69) is 15.2 Å². The molecule has 0 unspecified atom stereocenters. The third-order valence-corrected chi connectivity index (χ3v) is 4.15. The molecular weight excluding hydrogens is 364 g/mol. The standard InChI is InChI=1S/C19H14N4O5/c1-11(27-19(24)16-10-13-4-2-3-5-15(13)20-16)17-21-22-18(28-17)12-6-8-14(9-7-12)23(25)26/h2-11,20H,1H3/t11-/m0/s1. The number of hydrogen-bond acceptors (Lipinski definition) is 7. The molecule has 2 aromatic heterocycles. The lowest BCUT2D eigenvalue weighted by molar-refractivity contribution is -0.384. The lowest BCUT2D eigenvalue weighted by atomic mass is 10.2. The number of hydrogen-bond donors (Lipinski definition) is 1. The molecule has 2 heterocycles. The molecule has 0 saturated carbocycles. The maximum absolute atomic E-state index is 12.4. The van der Waals surface area contributed by atoms with E-state index in [0.29, 0.717) is 11.3 Å². The summed E-state index contributed by atoms with van der Waals surface area (Å²) in [6, 6.07) is 14.9. The number of nitrogens with zero attached hydrogens (tertiary/aromatic N) is 3. The van der Waals surface area contributed by atoms with Gasteiger partial charge in [0.05, 0.1) is 4.92 Å². The molecule has 0 aliphatic heterocycles. The summed E-state index contributed by atoms with van der Waals surface area (Å²) >= 11 is 0. The zero-order chi connectivity index (χ0) is 19.7. The van der Waals surface area contributed by atoms with E-state index >= 15 is 0 Å². The lowest BCUT2D eigenvalue weighted by Crippen LogP contribution is -2.09. The highest BCUT2D eigenvalue weighted by Crippen LogP contribution is 2.25. The Morgan fingerprint density at radius 2 is 1.93 bits per heavy atom. The van der Waals surface area contributed by atoms with Crippen molar-refractivity contribution in [3.8, 4) is 11.5 Å². The first kappa shape index (κ1) is 17.4. The summed E-state index contributed by atoms with van der Waals surface area (Å²) in [5.41, 5.74) is 1.64. The molecule has 2 aromatic carbocycles. The molecule has 1 atom stereocenters. The number of nitrogens with one attached hydrogen (secondary N) is 1. The second kappa shape index (κ2) is 6.95. The third kappa shape index (κ3) is 3.32. The van der Waals surface area contributed by atoms with Crippen molar-refractivity contribution in [1.29, 1.82) is 0 Å². The van der Waals surface area contributed by atoms with Crippen molar-refractivity contribution in [2.75, 3.05) is 0 Å². The van der Waals surface area contributed by atoms with E-state index in [0.717, 1.165) is 10.9 Å². The van der Waals surface area contributed by atoms with Gasteiger partial charge < -0.3 is 14.1 Å². The number of nitro groups is 1. The van der Waals surface area contributed by atoms with Crippen LogP contribution in [0.15, 0.2) is 59.0 Å². The lowest BCUT2D eigenvalue weighted by Gasteiger charge is -2.08. The minimum absolute atomic E-state index is 0.0379. The molecule has 0 amide bonds. The van der Waals surface area contributed by atoms with E-state index in [-0.39, 0.29) is 17.5 Å². The van der Waals surface area contributed by atoms with Crippen molar-refractivity contribution < 1.29 is 18.9 Å². The number of rotatable bonds is 5. The van der Waals surface area contributed by atoms with E-state index in [4.69, 9.17) is 9.15 Å². The second-order valence-electron chi connectivity index (χ2n) is 6.07.